The number of halogens is 2. The number of amides is 1. The van der Waals surface area contributed by atoms with E-state index in [1.165, 1.54) is 30.0 Å². The standard InChI is InChI=1S/C29H21ClFN3O4S2/c1-15-12-18-13-17(8-11-22(18)38-15)25(35)23-24(20-4-2-3-5-21(20)31)34(27(37)26(23)36)28-32-33-29(40-28)39-14-16-6-9-19(30)10-7-16/h2-11,13,15,24,35H,12,14H2,1H3/t15-,24-/m1/s1. The Morgan fingerprint density at radius 3 is 2.70 bits per heavy atom. The second kappa shape index (κ2) is 10.7. The Balaban J connectivity index is 1.39. The molecule has 4 aromatic rings. The van der Waals surface area contributed by atoms with Gasteiger partial charge in [0.15, 0.2) is 4.34 Å². The van der Waals surface area contributed by atoms with Crippen molar-refractivity contribution in [2.24, 2.45) is 0 Å². The average molecular weight is 594 g/mol. The number of aliphatic hydroxyl groups is 1. The third-order valence-electron chi connectivity index (χ3n) is 6.69. The van der Waals surface area contributed by atoms with Gasteiger partial charge in [-0.3, -0.25) is 14.5 Å². The van der Waals surface area contributed by atoms with Gasteiger partial charge in [0, 0.05) is 28.3 Å². The number of hydrogen-bond donors (Lipinski definition) is 1. The maximum atomic E-state index is 15.2. The van der Waals surface area contributed by atoms with Crippen molar-refractivity contribution in [1.82, 2.24) is 10.2 Å². The molecular weight excluding hydrogens is 573 g/mol. The normalized spacial score (nSPS) is 19.6. The predicted octanol–water partition coefficient (Wildman–Crippen LogP) is 6.57. The monoisotopic (exact) mass is 593 g/mol. The second-order valence-corrected chi connectivity index (χ2v) is 12.0. The molecule has 2 atom stereocenters. The molecule has 40 heavy (non-hydrogen) atoms. The van der Waals surface area contributed by atoms with Gasteiger partial charge in [0.2, 0.25) is 5.13 Å². The maximum absolute atomic E-state index is 15.2. The number of benzene rings is 3. The lowest BCUT2D eigenvalue weighted by Crippen LogP contribution is -2.29. The Kier molecular flexibility index (Phi) is 7.07. The zero-order chi connectivity index (χ0) is 28.0. The summed E-state index contributed by atoms with van der Waals surface area (Å²) in [6.07, 6.45) is 0.628. The highest BCUT2D eigenvalue weighted by molar-refractivity contribution is 8.00. The number of Topliss-reactive ketones (excluding diaryl/α,β-unsaturated/α-hetero) is 1. The van der Waals surface area contributed by atoms with E-state index >= 15 is 4.39 Å². The molecular formula is C29H21ClFN3O4S2. The Hall–Kier alpha value is -3.73. The van der Waals surface area contributed by atoms with Crippen LogP contribution in [0.4, 0.5) is 9.52 Å². The maximum Gasteiger partial charge on any atom is 0.301 e. The highest BCUT2D eigenvalue weighted by atomic mass is 35.5. The summed E-state index contributed by atoms with van der Waals surface area (Å²) >= 11 is 8.48. The number of ketones is 1. The van der Waals surface area contributed by atoms with Crippen LogP contribution in [-0.2, 0) is 21.8 Å². The summed E-state index contributed by atoms with van der Waals surface area (Å²) in [6.45, 7) is 1.94. The van der Waals surface area contributed by atoms with Crippen LogP contribution in [0.1, 0.15) is 35.2 Å². The van der Waals surface area contributed by atoms with Crippen LogP contribution in [0.3, 0.4) is 0 Å². The zero-order valence-electron chi connectivity index (χ0n) is 21.0. The van der Waals surface area contributed by atoms with Crippen LogP contribution >= 0.6 is 34.7 Å². The van der Waals surface area contributed by atoms with Crippen LogP contribution in [0.5, 0.6) is 5.75 Å². The summed E-state index contributed by atoms with van der Waals surface area (Å²) < 4.78 is 21.5. The first-order valence-electron chi connectivity index (χ1n) is 12.4. The number of thioether (sulfide) groups is 1. The smallest absolute Gasteiger partial charge is 0.301 e. The van der Waals surface area contributed by atoms with Crippen molar-refractivity contribution < 1.29 is 23.8 Å². The average Bonchev–Trinajstić information content (AvgIpc) is 3.63. The molecule has 1 aromatic heterocycles. The van der Waals surface area contributed by atoms with E-state index in [4.69, 9.17) is 16.3 Å². The molecule has 202 valence electrons. The Bertz CT molecular complexity index is 1670. The lowest BCUT2D eigenvalue weighted by molar-refractivity contribution is -0.132. The highest BCUT2D eigenvalue weighted by Gasteiger charge is 2.49. The first-order valence-corrected chi connectivity index (χ1v) is 14.5. The molecule has 1 fully saturated rings. The Morgan fingerprint density at radius 1 is 1.15 bits per heavy atom. The molecule has 0 unspecified atom stereocenters. The molecule has 0 radical (unpaired) electrons. The van der Waals surface area contributed by atoms with Crippen molar-refractivity contribution in [3.05, 3.63) is 105 Å². The van der Waals surface area contributed by atoms with Crippen molar-refractivity contribution in [3.63, 3.8) is 0 Å². The molecule has 0 bridgehead atoms. The van der Waals surface area contributed by atoms with Crippen molar-refractivity contribution in [1.29, 1.82) is 0 Å². The van der Waals surface area contributed by atoms with E-state index in [2.05, 4.69) is 10.2 Å². The molecule has 1 amide bonds. The molecule has 7 nitrogen and oxygen atoms in total. The number of nitrogens with zero attached hydrogens (tertiary/aromatic N) is 3. The molecule has 2 aliphatic rings. The minimum Gasteiger partial charge on any atom is -0.507 e. The van der Waals surface area contributed by atoms with Gasteiger partial charge in [-0.25, -0.2) is 4.39 Å². The number of carbonyl (C=O) groups is 2. The van der Waals surface area contributed by atoms with Crippen LogP contribution in [0.25, 0.3) is 5.76 Å². The van der Waals surface area contributed by atoms with E-state index in [1.807, 2.05) is 19.1 Å². The van der Waals surface area contributed by atoms with Crippen molar-refractivity contribution in [2.45, 2.75) is 35.6 Å². The highest BCUT2D eigenvalue weighted by Crippen LogP contribution is 2.45. The van der Waals surface area contributed by atoms with Gasteiger partial charge in [-0.15, -0.1) is 10.2 Å². The van der Waals surface area contributed by atoms with E-state index in [1.54, 1.807) is 36.4 Å². The van der Waals surface area contributed by atoms with Crippen LogP contribution in [0.2, 0.25) is 5.02 Å². The van der Waals surface area contributed by atoms with Gasteiger partial charge in [0.25, 0.3) is 5.78 Å². The number of aliphatic hydroxyl groups excluding tert-OH is 1. The molecule has 1 saturated heterocycles. The molecule has 6 rings (SSSR count). The second-order valence-electron chi connectivity index (χ2n) is 9.41. The van der Waals surface area contributed by atoms with Gasteiger partial charge < -0.3 is 9.84 Å². The van der Waals surface area contributed by atoms with Gasteiger partial charge >= 0.3 is 5.91 Å². The first kappa shape index (κ1) is 26.5. The summed E-state index contributed by atoms with van der Waals surface area (Å²) in [5, 5.41) is 20.5. The summed E-state index contributed by atoms with van der Waals surface area (Å²) in [6, 6.07) is 17.1. The molecule has 2 aliphatic heterocycles. The van der Waals surface area contributed by atoms with Crippen LogP contribution < -0.4 is 9.64 Å². The minimum atomic E-state index is -1.23. The van der Waals surface area contributed by atoms with Crippen molar-refractivity contribution in [2.75, 3.05) is 4.90 Å². The van der Waals surface area contributed by atoms with E-state index in [9.17, 15) is 14.7 Å². The summed E-state index contributed by atoms with van der Waals surface area (Å²) in [7, 11) is 0. The number of carbonyl (C=O) groups excluding carboxylic acids is 2. The third kappa shape index (κ3) is 4.87. The lowest BCUT2D eigenvalue weighted by Gasteiger charge is -2.22. The largest absolute Gasteiger partial charge is 0.507 e. The van der Waals surface area contributed by atoms with Gasteiger partial charge in [-0.1, -0.05) is 65.0 Å². The van der Waals surface area contributed by atoms with Gasteiger partial charge in [0.05, 0.1) is 5.57 Å². The summed E-state index contributed by atoms with van der Waals surface area (Å²) in [5.41, 5.74) is 2.08. The van der Waals surface area contributed by atoms with E-state index in [0.717, 1.165) is 27.4 Å². The fourth-order valence-electron chi connectivity index (χ4n) is 4.83. The number of aromatic nitrogens is 2. The molecule has 3 aromatic carbocycles. The Morgan fingerprint density at radius 2 is 1.93 bits per heavy atom. The summed E-state index contributed by atoms with van der Waals surface area (Å²) in [5.74, 6) is -1.57. The van der Waals surface area contributed by atoms with E-state index in [0.29, 0.717) is 32.8 Å². The first-order chi connectivity index (χ1) is 19.3. The number of ether oxygens (including phenoxy) is 1. The zero-order valence-corrected chi connectivity index (χ0v) is 23.4. The number of anilines is 1. The topological polar surface area (TPSA) is 92.6 Å². The van der Waals surface area contributed by atoms with Crippen molar-refractivity contribution >= 4 is 57.3 Å². The predicted molar refractivity (Wildman–Crippen MR) is 152 cm³/mol. The third-order valence-corrected chi connectivity index (χ3v) is 9.07. The van der Waals surface area contributed by atoms with Crippen molar-refractivity contribution in [3.8, 4) is 5.75 Å². The van der Waals surface area contributed by atoms with E-state index in [-0.39, 0.29) is 22.4 Å². The fraction of sp³-hybridized carbons (Fsp3) is 0.172. The minimum absolute atomic E-state index is 0.0134. The SMILES string of the molecule is C[C@@H]1Cc2cc(C(O)=C3C(=O)C(=O)N(c4nnc(SCc5ccc(Cl)cc5)s4)[C@@H]3c3ccccc3F)ccc2O1. The number of rotatable bonds is 6. The van der Waals surface area contributed by atoms with Gasteiger partial charge in [0.1, 0.15) is 29.5 Å². The number of hydrogen-bond acceptors (Lipinski definition) is 8. The summed E-state index contributed by atoms with van der Waals surface area (Å²) in [4.78, 5) is 27.9. The molecule has 0 spiro atoms. The molecule has 11 heteroatoms. The van der Waals surface area contributed by atoms with Crippen LogP contribution in [0, 0.1) is 5.82 Å². The molecule has 0 saturated carbocycles. The van der Waals surface area contributed by atoms with E-state index < -0.39 is 29.3 Å². The fourth-order valence-corrected chi connectivity index (χ4v) is 6.78. The molecule has 1 N–H and O–H groups in total. The molecule has 0 aliphatic carbocycles. The lowest BCUT2D eigenvalue weighted by atomic mass is 9.94. The van der Waals surface area contributed by atoms with Crippen LogP contribution in [0.15, 0.2) is 76.6 Å². The Labute approximate surface area is 242 Å². The van der Waals surface area contributed by atoms with Gasteiger partial charge in [-0.05, 0) is 54.4 Å². The van der Waals surface area contributed by atoms with Crippen LogP contribution in [-0.4, -0.2) is 33.1 Å². The van der Waals surface area contributed by atoms with Gasteiger partial charge in [-0.2, -0.15) is 0 Å². The number of fused-ring (bicyclic) bond motifs is 1. The molecule has 3 heterocycles. The quantitative estimate of drug-likeness (QED) is 0.0888.